The lowest BCUT2D eigenvalue weighted by atomic mass is 9.92. The van der Waals surface area contributed by atoms with Gasteiger partial charge < -0.3 is 10.1 Å². The van der Waals surface area contributed by atoms with Gasteiger partial charge in [0.25, 0.3) is 10.0 Å². The first-order valence-electron chi connectivity index (χ1n) is 9.75. The summed E-state index contributed by atoms with van der Waals surface area (Å²) in [6.07, 6.45) is 0. The number of aromatic nitrogens is 2. The number of urea groups is 1. The number of ether oxygens (including phenoxy) is 1. The van der Waals surface area contributed by atoms with Crippen LogP contribution in [0.2, 0.25) is 5.02 Å². The molecule has 2 amide bonds. The Kier molecular flexibility index (Phi) is 7.72. The van der Waals surface area contributed by atoms with E-state index < -0.39 is 27.0 Å². The second kappa shape index (κ2) is 9.69. The van der Waals surface area contributed by atoms with Crippen molar-refractivity contribution in [1.82, 2.24) is 14.5 Å². The molecule has 0 fully saturated rings. The average molecular weight is 471 g/mol. The monoisotopic (exact) mass is 470 g/mol. The van der Waals surface area contributed by atoms with Crippen molar-refractivity contribution in [3.63, 3.8) is 0 Å². The third-order valence-electron chi connectivity index (χ3n) is 4.49. The van der Waals surface area contributed by atoms with Crippen LogP contribution >= 0.6 is 11.6 Å². The zero-order chi connectivity index (χ0) is 23.5. The van der Waals surface area contributed by atoms with Crippen molar-refractivity contribution in [2.75, 3.05) is 11.9 Å². The summed E-state index contributed by atoms with van der Waals surface area (Å²) < 4.78 is 33.2. The molecule has 0 saturated heterocycles. The van der Waals surface area contributed by atoms with Gasteiger partial charge in [-0.1, -0.05) is 39.3 Å². The first-order valence-corrected chi connectivity index (χ1v) is 11.6. The average Bonchev–Trinajstić information content (AvgIpc) is 3.05. The number of nitrogens with one attached hydrogen (secondary N) is 2. The molecule has 0 unspecified atom stereocenters. The Morgan fingerprint density at radius 3 is 2.16 bits per heavy atom. The van der Waals surface area contributed by atoms with Gasteiger partial charge in [-0.3, -0.25) is 4.68 Å². The van der Waals surface area contributed by atoms with Crippen molar-refractivity contribution in [2.24, 2.45) is 7.05 Å². The summed E-state index contributed by atoms with van der Waals surface area (Å²) in [5.74, 6) is -0.648. The van der Waals surface area contributed by atoms with Crippen LogP contribution in [0.25, 0.3) is 0 Å². The standard InChI is InChI=1S/C20H27ClN4O5S/c1-7-30-19(26)16-10-17(23-25(16)6)31(28,29)24-20(27)22-18-14(11(2)3)8-13(21)9-15(18)12(4)5/h8-12H,7H2,1-6H3,(H2,22,24,27). The maximum Gasteiger partial charge on any atom is 0.356 e. The Hall–Kier alpha value is -2.59. The van der Waals surface area contributed by atoms with E-state index in [1.54, 1.807) is 19.1 Å². The van der Waals surface area contributed by atoms with Crippen molar-refractivity contribution in [1.29, 1.82) is 0 Å². The SMILES string of the molecule is CCOC(=O)c1cc(S(=O)(=O)NC(=O)Nc2c(C(C)C)cc(Cl)cc2C(C)C)nn1C. The second-order valence-electron chi connectivity index (χ2n) is 7.54. The fourth-order valence-corrected chi connectivity index (χ4v) is 4.12. The van der Waals surface area contributed by atoms with Crippen molar-refractivity contribution in [3.05, 3.63) is 40.0 Å². The number of amides is 2. The molecule has 31 heavy (non-hydrogen) atoms. The summed E-state index contributed by atoms with van der Waals surface area (Å²) >= 11 is 6.23. The van der Waals surface area contributed by atoms with Gasteiger partial charge in [0.15, 0.2) is 5.03 Å². The van der Waals surface area contributed by atoms with E-state index >= 15 is 0 Å². The number of rotatable bonds is 7. The van der Waals surface area contributed by atoms with Crippen LogP contribution in [-0.4, -0.2) is 36.8 Å². The number of hydrogen-bond donors (Lipinski definition) is 2. The van der Waals surface area contributed by atoms with Gasteiger partial charge in [0.05, 0.1) is 6.61 Å². The number of halogens is 1. The van der Waals surface area contributed by atoms with Crippen LogP contribution in [0.4, 0.5) is 10.5 Å². The molecule has 170 valence electrons. The number of anilines is 1. The Morgan fingerprint density at radius 2 is 1.68 bits per heavy atom. The number of nitrogens with zero attached hydrogens (tertiary/aromatic N) is 2. The normalized spacial score (nSPS) is 11.6. The topological polar surface area (TPSA) is 119 Å². The zero-order valence-corrected chi connectivity index (χ0v) is 19.9. The molecule has 0 spiro atoms. The lowest BCUT2D eigenvalue weighted by Gasteiger charge is -2.21. The zero-order valence-electron chi connectivity index (χ0n) is 18.3. The van der Waals surface area contributed by atoms with Gasteiger partial charge in [-0.15, -0.1) is 0 Å². The minimum absolute atomic E-state index is 0.0334. The summed E-state index contributed by atoms with van der Waals surface area (Å²) in [6.45, 7) is 9.54. The van der Waals surface area contributed by atoms with E-state index in [9.17, 15) is 18.0 Å². The highest BCUT2D eigenvalue weighted by Gasteiger charge is 2.26. The van der Waals surface area contributed by atoms with Crippen LogP contribution in [0.15, 0.2) is 23.2 Å². The fourth-order valence-electron chi connectivity index (χ4n) is 2.99. The van der Waals surface area contributed by atoms with Gasteiger partial charge >= 0.3 is 12.0 Å². The highest BCUT2D eigenvalue weighted by molar-refractivity contribution is 7.90. The van der Waals surface area contributed by atoms with Crippen LogP contribution in [0.5, 0.6) is 0 Å². The number of hydrogen-bond acceptors (Lipinski definition) is 6. The van der Waals surface area contributed by atoms with Gasteiger partial charge in [0, 0.05) is 23.8 Å². The number of sulfonamides is 1. The molecule has 0 atom stereocenters. The molecule has 11 heteroatoms. The Morgan fingerprint density at radius 1 is 1.13 bits per heavy atom. The summed E-state index contributed by atoms with van der Waals surface area (Å²) in [7, 11) is -2.93. The van der Waals surface area contributed by atoms with Crippen molar-refractivity contribution >= 4 is 39.3 Å². The molecule has 2 aromatic rings. The Balaban J connectivity index is 2.33. The number of esters is 1. The Labute approximate surface area is 187 Å². The van der Waals surface area contributed by atoms with Crippen molar-refractivity contribution in [2.45, 2.75) is 51.5 Å². The molecule has 0 aliphatic heterocycles. The molecule has 0 aliphatic carbocycles. The fraction of sp³-hybridized carbons (Fsp3) is 0.450. The molecular formula is C20H27ClN4O5S. The van der Waals surface area contributed by atoms with E-state index in [4.69, 9.17) is 16.3 Å². The largest absolute Gasteiger partial charge is 0.461 e. The number of aryl methyl sites for hydroxylation is 1. The quantitative estimate of drug-likeness (QED) is 0.590. The first kappa shape index (κ1) is 24.7. The van der Waals surface area contributed by atoms with Crippen molar-refractivity contribution in [3.8, 4) is 0 Å². The maximum atomic E-state index is 12.6. The van der Waals surface area contributed by atoms with E-state index in [1.165, 1.54) is 7.05 Å². The molecule has 0 aliphatic rings. The van der Waals surface area contributed by atoms with Crippen LogP contribution < -0.4 is 10.0 Å². The second-order valence-corrected chi connectivity index (χ2v) is 9.61. The molecule has 1 aromatic carbocycles. The van der Waals surface area contributed by atoms with Gasteiger partial charge in [0.1, 0.15) is 5.69 Å². The Bertz CT molecular complexity index is 1060. The summed E-state index contributed by atoms with van der Waals surface area (Å²) in [6, 6.07) is 3.59. The molecule has 2 rings (SSSR count). The van der Waals surface area contributed by atoms with Crippen LogP contribution in [-0.2, 0) is 21.8 Å². The third kappa shape index (κ3) is 5.76. The molecule has 1 aromatic heterocycles. The van der Waals surface area contributed by atoms with E-state index in [0.29, 0.717) is 10.7 Å². The summed E-state index contributed by atoms with van der Waals surface area (Å²) in [5, 5.41) is 6.52. The molecule has 9 nitrogen and oxygen atoms in total. The maximum absolute atomic E-state index is 12.6. The summed E-state index contributed by atoms with van der Waals surface area (Å²) in [5.41, 5.74) is 2.03. The minimum Gasteiger partial charge on any atom is -0.461 e. The van der Waals surface area contributed by atoms with Gasteiger partial charge in [0.2, 0.25) is 0 Å². The van der Waals surface area contributed by atoms with Gasteiger partial charge in [-0.2, -0.15) is 13.5 Å². The molecule has 0 radical (unpaired) electrons. The predicted octanol–water partition coefficient (Wildman–Crippen LogP) is 4.01. The van der Waals surface area contributed by atoms with E-state index in [-0.39, 0.29) is 24.1 Å². The lowest BCUT2D eigenvalue weighted by molar-refractivity contribution is 0.0513. The smallest absolute Gasteiger partial charge is 0.356 e. The van der Waals surface area contributed by atoms with Gasteiger partial charge in [-0.25, -0.2) is 14.3 Å². The number of carbonyl (C=O) groups excluding carboxylic acids is 2. The molecule has 0 saturated carbocycles. The molecule has 2 N–H and O–H groups in total. The third-order valence-corrected chi connectivity index (χ3v) is 5.91. The predicted molar refractivity (Wildman–Crippen MR) is 118 cm³/mol. The molecule has 0 bridgehead atoms. The van der Waals surface area contributed by atoms with E-state index in [1.807, 2.05) is 32.4 Å². The lowest BCUT2D eigenvalue weighted by Crippen LogP contribution is -2.35. The molecular weight excluding hydrogens is 444 g/mol. The van der Waals surface area contributed by atoms with E-state index in [0.717, 1.165) is 21.9 Å². The van der Waals surface area contributed by atoms with Crippen LogP contribution in [0, 0.1) is 0 Å². The summed E-state index contributed by atoms with van der Waals surface area (Å²) in [4.78, 5) is 24.5. The molecule has 1 heterocycles. The highest BCUT2D eigenvalue weighted by atomic mass is 35.5. The van der Waals surface area contributed by atoms with E-state index in [2.05, 4.69) is 10.4 Å². The minimum atomic E-state index is -4.33. The van der Waals surface area contributed by atoms with Crippen molar-refractivity contribution < 1.29 is 22.7 Å². The first-order chi connectivity index (χ1) is 14.4. The highest BCUT2D eigenvalue weighted by Crippen LogP contribution is 2.35. The number of benzene rings is 1. The van der Waals surface area contributed by atoms with Crippen LogP contribution in [0.3, 0.4) is 0 Å². The van der Waals surface area contributed by atoms with Crippen LogP contribution in [0.1, 0.15) is 68.1 Å². The number of carbonyl (C=O) groups is 2. The van der Waals surface area contributed by atoms with Gasteiger partial charge in [-0.05, 0) is 42.0 Å².